The molecule has 3 rings (SSSR count). The molecule has 0 fully saturated rings. The molecule has 40 heavy (non-hydrogen) atoms. The lowest BCUT2D eigenvalue weighted by molar-refractivity contribution is -0.148. The maximum absolute atomic E-state index is 13.2. The molecule has 0 unspecified atom stereocenters. The van der Waals surface area contributed by atoms with Crippen molar-refractivity contribution in [2.75, 3.05) is 0 Å². The lowest BCUT2D eigenvalue weighted by atomic mass is 9.94. The standard InChI is InChI=1S/C32H39N3O5/c1-22(29(37)18-16-24-12-8-14-28-27(24)13-9-19-33-28)34-31(39)25(21-30(38)35-40-32(2,3)4)20-26(36)17-15-23-10-6-5-7-11-23/h5-14,19,22,25H,15-18,20-21H2,1-4H3,(H,34,39)(H,35,38)/t22-,25-/m0/s1. The number of nitrogens with zero attached hydrogens (tertiary/aromatic N) is 1. The van der Waals surface area contributed by atoms with Crippen LogP contribution < -0.4 is 10.8 Å². The van der Waals surface area contributed by atoms with E-state index in [9.17, 15) is 19.2 Å². The maximum Gasteiger partial charge on any atom is 0.244 e. The summed E-state index contributed by atoms with van der Waals surface area (Å²) >= 11 is 0. The van der Waals surface area contributed by atoms with Gasteiger partial charge in [0.25, 0.3) is 0 Å². The summed E-state index contributed by atoms with van der Waals surface area (Å²) in [7, 11) is 0. The summed E-state index contributed by atoms with van der Waals surface area (Å²) in [6.45, 7) is 6.98. The van der Waals surface area contributed by atoms with E-state index in [-0.39, 0.29) is 37.2 Å². The van der Waals surface area contributed by atoms with Crippen molar-refractivity contribution >= 4 is 34.3 Å². The second-order valence-corrected chi connectivity index (χ2v) is 11.1. The highest BCUT2D eigenvalue weighted by atomic mass is 16.7. The monoisotopic (exact) mass is 545 g/mol. The summed E-state index contributed by atoms with van der Waals surface area (Å²) in [5.41, 5.74) is 4.65. The topological polar surface area (TPSA) is 114 Å². The molecule has 1 aromatic heterocycles. The third kappa shape index (κ3) is 10.0. The molecule has 2 aromatic carbocycles. The third-order valence-corrected chi connectivity index (χ3v) is 6.50. The van der Waals surface area contributed by atoms with Crippen LogP contribution in [0.2, 0.25) is 0 Å². The lowest BCUT2D eigenvalue weighted by Crippen LogP contribution is -2.44. The normalized spacial score (nSPS) is 12.9. The van der Waals surface area contributed by atoms with Crippen LogP contribution in [0.1, 0.15) is 64.5 Å². The van der Waals surface area contributed by atoms with Gasteiger partial charge in [-0.05, 0) is 63.8 Å². The van der Waals surface area contributed by atoms with Crippen molar-refractivity contribution in [1.82, 2.24) is 15.8 Å². The quantitative estimate of drug-likeness (QED) is 0.284. The Hall–Kier alpha value is -3.91. The molecule has 8 nitrogen and oxygen atoms in total. The van der Waals surface area contributed by atoms with Crippen molar-refractivity contribution in [2.45, 2.75) is 77.9 Å². The smallest absolute Gasteiger partial charge is 0.244 e. The summed E-state index contributed by atoms with van der Waals surface area (Å²) in [4.78, 5) is 61.2. The summed E-state index contributed by atoms with van der Waals surface area (Å²) in [5.74, 6) is -2.20. The minimum Gasteiger partial charge on any atom is -0.346 e. The van der Waals surface area contributed by atoms with E-state index in [2.05, 4.69) is 15.8 Å². The van der Waals surface area contributed by atoms with E-state index in [1.165, 1.54) is 0 Å². The molecule has 0 aliphatic rings. The highest BCUT2D eigenvalue weighted by molar-refractivity contribution is 5.94. The number of nitrogens with one attached hydrogen (secondary N) is 2. The fraction of sp³-hybridized carbons (Fsp3) is 0.406. The second-order valence-electron chi connectivity index (χ2n) is 11.1. The Morgan fingerprint density at radius 3 is 2.35 bits per heavy atom. The first kappa shape index (κ1) is 30.6. The molecule has 0 spiro atoms. The Morgan fingerprint density at radius 1 is 0.875 bits per heavy atom. The van der Waals surface area contributed by atoms with Gasteiger partial charge in [0, 0.05) is 37.3 Å². The molecule has 3 aromatic rings. The molecule has 0 radical (unpaired) electrons. The molecule has 0 bridgehead atoms. The number of amides is 2. The molecular formula is C32H39N3O5. The van der Waals surface area contributed by atoms with Crippen LogP contribution in [-0.4, -0.2) is 40.0 Å². The molecule has 8 heteroatoms. The number of hydroxylamine groups is 1. The van der Waals surface area contributed by atoms with Crippen LogP contribution >= 0.6 is 0 Å². The van der Waals surface area contributed by atoms with Crippen LogP contribution in [0.25, 0.3) is 10.9 Å². The van der Waals surface area contributed by atoms with E-state index in [1.807, 2.05) is 60.7 Å². The zero-order valence-electron chi connectivity index (χ0n) is 23.7. The largest absolute Gasteiger partial charge is 0.346 e. The van der Waals surface area contributed by atoms with Crippen molar-refractivity contribution in [2.24, 2.45) is 5.92 Å². The minimum absolute atomic E-state index is 0.106. The van der Waals surface area contributed by atoms with Crippen LogP contribution in [-0.2, 0) is 36.9 Å². The van der Waals surface area contributed by atoms with Crippen molar-refractivity contribution in [3.05, 3.63) is 78.0 Å². The number of carbonyl (C=O) groups is 4. The van der Waals surface area contributed by atoms with E-state index in [0.29, 0.717) is 12.8 Å². The van der Waals surface area contributed by atoms with Crippen LogP contribution in [0, 0.1) is 5.92 Å². The first-order valence-corrected chi connectivity index (χ1v) is 13.7. The molecule has 2 amide bonds. The first-order valence-electron chi connectivity index (χ1n) is 13.7. The number of hydrogen-bond donors (Lipinski definition) is 2. The molecule has 0 saturated carbocycles. The van der Waals surface area contributed by atoms with Crippen LogP contribution in [0.3, 0.4) is 0 Å². The van der Waals surface area contributed by atoms with E-state index in [1.54, 1.807) is 33.9 Å². The molecule has 2 atom stereocenters. The minimum atomic E-state index is -0.925. The van der Waals surface area contributed by atoms with Crippen LogP contribution in [0.5, 0.6) is 0 Å². The van der Waals surface area contributed by atoms with Crippen molar-refractivity contribution in [3.8, 4) is 0 Å². The maximum atomic E-state index is 13.2. The van der Waals surface area contributed by atoms with Gasteiger partial charge in [-0.15, -0.1) is 0 Å². The van der Waals surface area contributed by atoms with E-state index in [0.717, 1.165) is 22.0 Å². The molecule has 0 aliphatic heterocycles. The molecule has 2 N–H and O–H groups in total. The molecule has 0 saturated heterocycles. The summed E-state index contributed by atoms with van der Waals surface area (Å²) < 4.78 is 0. The van der Waals surface area contributed by atoms with Gasteiger partial charge in [0.1, 0.15) is 5.78 Å². The van der Waals surface area contributed by atoms with Gasteiger partial charge in [-0.1, -0.05) is 48.5 Å². The number of hydrogen-bond acceptors (Lipinski definition) is 6. The second kappa shape index (κ2) is 14.5. The average Bonchev–Trinajstić information content (AvgIpc) is 2.93. The summed E-state index contributed by atoms with van der Waals surface area (Å²) in [5, 5.41) is 3.73. The highest BCUT2D eigenvalue weighted by Gasteiger charge is 2.28. The molecule has 212 valence electrons. The number of ketones is 2. The van der Waals surface area contributed by atoms with Gasteiger partial charge >= 0.3 is 0 Å². The lowest BCUT2D eigenvalue weighted by Gasteiger charge is -2.22. The Bertz CT molecular complexity index is 1310. The predicted molar refractivity (Wildman–Crippen MR) is 154 cm³/mol. The van der Waals surface area contributed by atoms with Crippen LogP contribution in [0.15, 0.2) is 66.9 Å². The van der Waals surface area contributed by atoms with E-state index in [4.69, 9.17) is 4.84 Å². The summed E-state index contributed by atoms with van der Waals surface area (Å²) in [6.07, 6.45) is 2.93. The number of benzene rings is 2. The van der Waals surface area contributed by atoms with E-state index >= 15 is 0 Å². The van der Waals surface area contributed by atoms with Crippen molar-refractivity contribution in [1.29, 1.82) is 0 Å². The first-order chi connectivity index (χ1) is 19.0. The number of Topliss-reactive ketones (excluding diaryl/α,β-unsaturated/α-hetero) is 2. The van der Waals surface area contributed by atoms with Gasteiger partial charge in [-0.25, -0.2) is 5.48 Å². The number of aryl methyl sites for hydroxylation is 2. The number of pyridine rings is 1. The van der Waals surface area contributed by atoms with Gasteiger partial charge in [0.15, 0.2) is 5.78 Å². The fourth-order valence-corrected chi connectivity index (χ4v) is 4.31. The zero-order chi connectivity index (χ0) is 29.1. The number of aromatic nitrogens is 1. The van der Waals surface area contributed by atoms with E-state index < -0.39 is 29.4 Å². The highest BCUT2D eigenvalue weighted by Crippen LogP contribution is 2.19. The third-order valence-electron chi connectivity index (χ3n) is 6.50. The molecule has 0 aliphatic carbocycles. The van der Waals surface area contributed by atoms with Gasteiger partial charge < -0.3 is 5.32 Å². The van der Waals surface area contributed by atoms with Crippen molar-refractivity contribution in [3.63, 3.8) is 0 Å². The Balaban J connectivity index is 1.60. The summed E-state index contributed by atoms with van der Waals surface area (Å²) in [6, 6.07) is 18.5. The Labute approximate surface area is 235 Å². The Morgan fingerprint density at radius 2 is 1.62 bits per heavy atom. The van der Waals surface area contributed by atoms with Crippen LogP contribution in [0.4, 0.5) is 0 Å². The SMILES string of the molecule is C[C@H](NC(=O)[C@@H](CC(=O)CCc1ccccc1)CC(=O)NOC(C)(C)C)C(=O)CCc1cccc2ncccc12. The van der Waals surface area contributed by atoms with Crippen molar-refractivity contribution < 1.29 is 24.0 Å². The fourth-order valence-electron chi connectivity index (χ4n) is 4.31. The van der Waals surface area contributed by atoms with Gasteiger partial charge in [0.2, 0.25) is 11.8 Å². The average molecular weight is 546 g/mol. The number of fused-ring (bicyclic) bond motifs is 1. The van der Waals surface area contributed by atoms with Gasteiger partial charge in [0.05, 0.1) is 23.1 Å². The number of carbonyl (C=O) groups excluding carboxylic acids is 4. The zero-order valence-corrected chi connectivity index (χ0v) is 23.7. The Kier molecular flexibility index (Phi) is 11.1. The molecular weight excluding hydrogens is 506 g/mol. The van der Waals surface area contributed by atoms with Gasteiger partial charge in [-0.3, -0.25) is 29.0 Å². The van der Waals surface area contributed by atoms with Gasteiger partial charge in [-0.2, -0.15) is 0 Å². The predicted octanol–water partition coefficient (Wildman–Crippen LogP) is 4.69. The number of rotatable bonds is 14. The molecule has 1 heterocycles.